The van der Waals surface area contributed by atoms with E-state index in [1.54, 1.807) is 18.7 Å². The van der Waals surface area contributed by atoms with Crippen molar-refractivity contribution in [3.63, 3.8) is 0 Å². The molecule has 0 bridgehead atoms. The third-order valence-corrected chi connectivity index (χ3v) is 7.23. The minimum absolute atomic E-state index is 0.370. The number of rotatable bonds is 8. The second-order valence-electron chi connectivity index (χ2n) is 9.05. The Balaban J connectivity index is 1.33. The van der Waals surface area contributed by atoms with Gasteiger partial charge in [0.05, 0.1) is 17.1 Å². The highest BCUT2D eigenvalue weighted by Gasteiger charge is 2.49. The number of thioether (sulfide) groups is 1. The normalized spacial score (nSPS) is 18.6. The number of hydrogen-bond acceptors (Lipinski definition) is 5. The van der Waals surface area contributed by atoms with Crippen LogP contribution >= 0.6 is 11.8 Å². The van der Waals surface area contributed by atoms with E-state index in [0.29, 0.717) is 17.8 Å². The third kappa shape index (κ3) is 4.42. The summed E-state index contributed by atoms with van der Waals surface area (Å²) < 4.78 is 0. The van der Waals surface area contributed by atoms with Crippen LogP contribution in [-0.2, 0) is 15.1 Å². The van der Waals surface area contributed by atoms with Crippen LogP contribution in [0.15, 0.2) is 66.7 Å². The smallest absolute Gasteiger partial charge is 0.325 e. The van der Waals surface area contributed by atoms with Crippen LogP contribution in [0.25, 0.3) is 21.8 Å². The number of urea groups is 1. The summed E-state index contributed by atoms with van der Waals surface area (Å²) >= 11 is 1.67. The monoisotopic (exact) mass is 501 g/mol. The number of benzene rings is 3. The zero-order chi connectivity index (χ0) is 25.3. The molecule has 1 saturated heterocycles. The number of fused-ring (bicyclic) bond motifs is 2. The summed E-state index contributed by atoms with van der Waals surface area (Å²) in [6.45, 7) is 1.30. The fraction of sp³-hybridized carbons (Fsp3) is 0.259. The number of para-hydroxylation sites is 2. The van der Waals surface area contributed by atoms with Gasteiger partial charge in [0.25, 0.3) is 5.91 Å². The molecule has 8 nitrogen and oxygen atoms in total. The van der Waals surface area contributed by atoms with E-state index in [1.165, 1.54) is 0 Å². The highest BCUT2D eigenvalue weighted by Crippen LogP contribution is 2.31. The number of nitrogens with zero attached hydrogens (tertiary/aromatic N) is 2. The SMILES string of the molecule is CSCC[C@H](NC(=O)CN1C(=O)N[C@@](C)(c2ccc3ccccc3c2)C1=O)c1nc2ccccc2[nH]1. The van der Waals surface area contributed by atoms with Gasteiger partial charge in [0.1, 0.15) is 17.9 Å². The second-order valence-corrected chi connectivity index (χ2v) is 10.0. The summed E-state index contributed by atoms with van der Waals surface area (Å²) in [7, 11) is 0. The minimum Gasteiger partial charge on any atom is -0.345 e. The first-order valence-corrected chi connectivity index (χ1v) is 13.1. The number of aromatic nitrogens is 2. The van der Waals surface area contributed by atoms with Crippen LogP contribution in [0.3, 0.4) is 0 Å². The Labute approximate surface area is 212 Å². The Bertz CT molecular complexity index is 1440. The lowest BCUT2D eigenvalue weighted by molar-refractivity contribution is -0.135. The van der Waals surface area contributed by atoms with E-state index < -0.39 is 23.4 Å². The molecular formula is C27H27N5O3S. The third-order valence-electron chi connectivity index (χ3n) is 6.59. The molecular weight excluding hydrogens is 474 g/mol. The van der Waals surface area contributed by atoms with Crippen molar-refractivity contribution in [2.45, 2.75) is 24.9 Å². The van der Waals surface area contributed by atoms with Crippen molar-refractivity contribution in [1.82, 2.24) is 25.5 Å². The van der Waals surface area contributed by atoms with Crippen molar-refractivity contribution in [1.29, 1.82) is 0 Å². The molecule has 0 aliphatic carbocycles. The fourth-order valence-corrected chi connectivity index (χ4v) is 5.04. The molecule has 9 heteroatoms. The predicted octanol–water partition coefficient (Wildman–Crippen LogP) is 4.09. The molecule has 36 heavy (non-hydrogen) atoms. The number of hydrogen-bond donors (Lipinski definition) is 3. The molecule has 0 unspecified atom stereocenters. The number of carbonyl (C=O) groups is 3. The number of imidazole rings is 1. The van der Waals surface area contributed by atoms with Crippen molar-refractivity contribution < 1.29 is 14.4 Å². The average molecular weight is 502 g/mol. The van der Waals surface area contributed by atoms with Crippen LogP contribution in [0.1, 0.15) is 30.8 Å². The summed E-state index contributed by atoms with van der Waals surface area (Å²) in [5.74, 6) is 0.581. The number of nitrogens with one attached hydrogen (secondary N) is 3. The molecule has 4 amide bonds. The molecule has 1 fully saturated rings. The predicted molar refractivity (Wildman–Crippen MR) is 142 cm³/mol. The summed E-state index contributed by atoms with van der Waals surface area (Å²) in [4.78, 5) is 48.1. The Kier molecular flexibility index (Phi) is 6.40. The van der Waals surface area contributed by atoms with E-state index in [1.807, 2.05) is 73.0 Å². The van der Waals surface area contributed by atoms with Gasteiger partial charge in [0.2, 0.25) is 5.91 Å². The van der Waals surface area contributed by atoms with Crippen molar-refractivity contribution >= 4 is 51.4 Å². The average Bonchev–Trinajstić information content (AvgIpc) is 3.41. The van der Waals surface area contributed by atoms with Crippen molar-refractivity contribution in [3.8, 4) is 0 Å². The van der Waals surface area contributed by atoms with E-state index in [4.69, 9.17) is 0 Å². The standard InChI is InChI=1S/C27H27N5O3S/c1-27(19-12-11-17-7-3-4-8-18(17)15-19)25(34)32(26(35)31-27)16-23(33)28-22(13-14-36-2)24-29-20-9-5-6-10-21(20)30-24/h3-12,15,22H,13-14,16H2,1-2H3,(H,28,33)(H,29,30)(H,31,35)/t22-,27-/m0/s1. The van der Waals surface area contributed by atoms with E-state index >= 15 is 0 Å². The molecule has 0 spiro atoms. The first-order valence-electron chi connectivity index (χ1n) is 11.8. The molecule has 3 aromatic carbocycles. The second kappa shape index (κ2) is 9.66. The van der Waals surface area contributed by atoms with Crippen LogP contribution in [-0.4, -0.2) is 51.3 Å². The molecule has 5 rings (SSSR count). The van der Waals surface area contributed by atoms with Crippen LogP contribution < -0.4 is 10.6 Å². The molecule has 1 aromatic heterocycles. The first-order chi connectivity index (χ1) is 17.4. The van der Waals surface area contributed by atoms with Crippen molar-refractivity contribution in [2.24, 2.45) is 0 Å². The Hall–Kier alpha value is -3.85. The van der Waals surface area contributed by atoms with Gasteiger partial charge in [-0.25, -0.2) is 9.78 Å². The highest BCUT2D eigenvalue weighted by molar-refractivity contribution is 7.98. The lowest BCUT2D eigenvalue weighted by Crippen LogP contribution is -2.44. The number of imide groups is 1. The molecule has 2 atom stereocenters. The van der Waals surface area contributed by atoms with Gasteiger partial charge < -0.3 is 15.6 Å². The van der Waals surface area contributed by atoms with Gasteiger partial charge in [-0.2, -0.15) is 11.8 Å². The maximum atomic E-state index is 13.4. The van der Waals surface area contributed by atoms with Crippen LogP contribution in [0, 0.1) is 0 Å². The lowest BCUT2D eigenvalue weighted by Gasteiger charge is -2.23. The Morgan fingerprint density at radius 3 is 2.61 bits per heavy atom. The molecule has 2 heterocycles. The van der Waals surface area contributed by atoms with E-state index in [-0.39, 0.29) is 12.6 Å². The van der Waals surface area contributed by atoms with Gasteiger partial charge in [-0.15, -0.1) is 0 Å². The molecule has 3 N–H and O–H groups in total. The summed E-state index contributed by atoms with van der Waals surface area (Å²) in [6, 6.07) is 20.2. The van der Waals surface area contributed by atoms with E-state index in [2.05, 4.69) is 20.6 Å². The van der Waals surface area contributed by atoms with Crippen LogP contribution in [0.5, 0.6) is 0 Å². The van der Waals surface area contributed by atoms with E-state index in [9.17, 15) is 14.4 Å². The number of carbonyl (C=O) groups excluding carboxylic acids is 3. The highest BCUT2D eigenvalue weighted by atomic mass is 32.2. The molecule has 0 saturated carbocycles. The van der Waals surface area contributed by atoms with Gasteiger partial charge in [-0.3, -0.25) is 14.5 Å². The number of aromatic amines is 1. The maximum Gasteiger partial charge on any atom is 0.325 e. The number of amides is 4. The molecule has 0 radical (unpaired) electrons. The van der Waals surface area contributed by atoms with Gasteiger partial charge in [-0.05, 0) is 59.9 Å². The van der Waals surface area contributed by atoms with Crippen LogP contribution in [0.2, 0.25) is 0 Å². The Morgan fingerprint density at radius 1 is 1.08 bits per heavy atom. The molecule has 1 aliphatic rings. The van der Waals surface area contributed by atoms with E-state index in [0.717, 1.165) is 32.5 Å². The zero-order valence-corrected chi connectivity index (χ0v) is 20.9. The summed E-state index contributed by atoms with van der Waals surface area (Å²) in [5.41, 5.74) is 1.12. The number of H-pyrrole nitrogens is 1. The molecule has 1 aliphatic heterocycles. The summed E-state index contributed by atoms with van der Waals surface area (Å²) in [6.07, 6.45) is 2.65. The first kappa shape index (κ1) is 23.9. The van der Waals surface area contributed by atoms with Gasteiger partial charge in [0, 0.05) is 0 Å². The fourth-order valence-electron chi connectivity index (χ4n) is 4.57. The molecule has 4 aromatic rings. The quantitative estimate of drug-likeness (QED) is 0.315. The Morgan fingerprint density at radius 2 is 1.83 bits per heavy atom. The zero-order valence-electron chi connectivity index (χ0n) is 20.1. The maximum absolute atomic E-state index is 13.4. The van der Waals surface area contributed by atoms with Gasteiger partial charge in [-0.1, -0.05) is 48.5 Å². The lowest BCUT2D eigenvalue weighted by atomic mass is 9.90. The summed E-state index contributed by atoms with van der Waals surface area (Å²) in [5, 5.41) is 7.77. The molecule has 184 valence electrons. The topological polar surface area (TPSA) is 107 Å². The minimum atomic E-state index is -1.25. The van der Waals surface area contributed by atoms with Gasteiger partial charge in [0.15, 0.2) is 0 Å². The van der Waals surface area contributed by atoms with Crippen molar-refractivity contribution in [2.75, 3.05) is 18.6 Å². The van der Waals surface area contributed by atoms with Crippen LogP contribution in [0.4, 0.5) is 4.79 Å². The largest absolute Gasteiger partial charge is 0.345 e. The van der Waals surface area contributed by atoms with Crippen molar-refractivity contribution in [3.05, 3.63) is 78.1 Å². The van der Waals surface area contributed by atoms with Gasteiger partial charge >= 0.3 is 6.03 Å².